The number of nitrogens with zero attached hydrogens (tertiary/aromatic N) is 3. The number of nitrogens with two attached hydrogens (primary N) is 1. The maximum absolute atomic E-state index is 12.6. The number of ether oxygens (including phenoxy) is 1. The summed E-state index contributed by atoms with van der Waals surface area (Å²) in [5, 5.41) is 2.03. The number of benzene rings is 3. The lowest BCUT2D eigenvalue weighted by Gasteiger charge is -2.35. The maximum Gasteiger partial charge on any atom is 0.228 e. The van der Waals surface area contributed by atoms with E-state index in [-0.39, 0.29) is 0 Å². The van der Waals surface area contributed by atoms with Crippen LogP contribution < -0.4 is 10.5 Å². The van der Waals surface area contributed by atoms with Crippen LogP contribution in [0.2, 0.25) is 5.02 Å². The Labute approximate surface area is 229 Å². The van der Waals surface area contributed by atoms with Crippen LogP contribution in [0.5, 0.6) is 5.75 Å². The monoisotopic (exact) mass is 534 g/mol. The quantitative estimate of drug-likeness (QED) is 0.261. The summed E-state index contributed by atoms with van der Waals surface area (Å²) in [6, 6.07) is 20.7. The van der Waals surface area contributed by atoms with Gasteiger partial charge in [-0.05, 0) is 78.5 Å². The highest BCUT2D eigenvalue weighted by Gasteiger charge is 2.19. The third-order valence-corrected chi connectivity index (χ3v) is 7.74. The fourth-order valence-corrected chi connectivity index (χ4v) is 5.58. The second-order valence-corrected chi connectivity index (χ2v) is 10.6. The van der Waals surface area contributed by atoms with Gasteiger partial charge >= 0.3 is 0 Å². The van der Waals surface area contributed by atoms with E-state index in [9.17, 15) is 4.39 Å². The molecule has 5 nitrogen and oxygen atoms in total. The van der Waals surface area contributed by atoms with Crippen molar-refractivity contribution in [1.82, 2.24) is 14.4 Å². The van der Waals surface area contributed by atoms with Gasteiger partial charge in [0.25, 0.3) is 0 Å². The number of hydrogen-bond donors (Lipinski definition) is 1. The summed E-state index contributed by atoms with van der Waals surface area (Å²) >= 11 is 6.13. The number of aromatic nitrogens is 1. The van der Waals surface area contributed by atoms with Crippen LogP contribution in [0.15, 0.2) is 66.9 Å². The van der Waals surface area contributed by atoms with Gasteiger partial charge in [0, 0.05) is 73.5 Å². The molecule has 5 rings (SSSR count). The van der Waals surface area contributed by atoms with Crippen molar-refractivity contribution in [3.05, 3.63) is 88.6 Å². The molecule has 38 heavy (non-hydrogen) atoms. The zero-order valence-electron chi connectivity index (χ0n) is 22.0. The highest BCUT2D eigenvalue weighted by molar-refractivity contribution is 6.30. The van der Waals surface area contributed by atoms with Crippen molar-refractivity contribution in [3.63, 3.8) is 0 Å². The first-order valence-electron chi connectivity index (χ1n) is 13.3. The summed E-state index contributed by atoms with van der Waals surface area (Å²) in [5.74, 6) is 0.536. The largest absolute Gasteiger partial charge is 0.463 e. The smallest absolute Gasteiger partial charge is 0.228 e. The molecule has 0 bridgehead atoms. The van der Waals surface area contributed by atoms with Crippen LogP contribution >= 0.6 is 11.6 Å². The van der Waals surface area contributed by atoms with Crippen molar-refractivity contribution >= 4 is 22.5 Å². The molecule has 0 radical (unpaired) electrons. The van der Waals surface area contributed by atoms with Gasteiger partial charge in [-0.2, -0.15) is 0 Å². The van der Waals surface area contributed by atoms with Crippen LogP contribution in [-0.2, 0) is 19.6 Å². The number of piperazine rings is 1. The van der Waals surface area contributed by atoms with Gasteiger partial charge in [-0.1, -0.05) is 35.9 Å². The molecule has 0 unspecified atom stereocenters. The van der Waals surface area contributed by atoms with E-state index >= 15 is 0 Å². The fourth-order valence-electron chi connectivity index (χ4n) is 5.35. The molecule has 4 aromatic rings. The van der Waals surface area contributed by atoms with Crippen LogP contribution in [0.1, 0.15) is 23.1 Å². The molecular formula is C31H36ClFN4O. The Balaban J connectivity index is 1.30. The van der Waals surface area contributed by atoms with E-state index in [1.165, 1.54) is 33.2 Å². The summed E-state index contributed by atoms with van der Waals surface area (Å²) in [7, 11) is 0. The minimum Gasteiger partial charge on any atom is -0.463 e. The highest BCUT2D eigenvalue weighted by atomic mass is 35.5. The van der Waals surface area contributed by atoms with Gasteiger partial charge < -0.3 is 15.0 Å². The lowest BCUT2D eigenvalue weighted by molar-refractivity contribution is 0.122. The Morgan fingerprint density at radius 1 is 0.921 bits per heavy atom. The van der Waals surface area contributed by atoms with Crippen LogP contribution in [0, 0.1) is 6.92 Å². The molecule has 0 atom stereocenters. The Hall–Kier alpha value is -2.90. The van der Waals surface area contributed by atoms with Crippen LogP contribution in [0.3, 0.4) is 0 Å². The van der Waals surface area contributed by atoms with E-state index in [0.717, 1.165) is 62.8 Å². The second-order valence-electron chi connectivity index (χ2n) is 10.1. The van der Waals surface area contributed by atoms with E-state index in [2.05, 4.69) is 51.8 Å². The first kappa shape index (κ1) is 26.7. The van der Waals surface area contributed by atoms with E-state index in [4.69, 9.17) is 22.1 Å². The summed E-state index contributed by atoms with van der Waals surface area (Å²) in [4.78, 5) is 5.07. The van der Waals surface area contributed by atoms with Crippen molar-refractivity contribution in [2.24, 2.45) is 5.73 Å². The number of halogens is 2. The zero-order chi connectivity index (χ0) is 26.5. The minimum absolute atomic E-state index is 0.536. The molecule has 0 amide bonds. The molecule has 1 aliphatic heterocycles. The Morgan fingerprint density at radius 3 is 2.34 bits per heavy atom. The van der Waals surface area contributed by atoms with Crippen LogP contribution in [0.25, 0.3) is 22.0 Å². The van der Waals surface area contributed by atoms with Crippen molar-refractivity contribution in [2.45, 2.75) is 33.0 Å². The lowest BCUT2D eigenvalue weighted by Crippen LogP contribution is -2.45. The maximum atomic E-state index is 12.6. The second kappa shape index (κ2) is 12.3. The Kier molecular flexibility index (Phi) is 8.65. The number of rotatable bonds is 10. The Morgan fingerprint density at radius 2 is 1.66 bits per heavy atom. The molecule has 1 fully saturated rings. The summed E-state index contributed by atoms with van der Waals surface area (Å²) in [5.41, 5.74) is 13.2. The standard InChI is InChI=1S/C31H36ClFN4O/c1-23-17-27(32)7-4-26(23)20-36-15-13-35(14-16-36)19-24-3-10-31-29(18-24)30(21-37(31)12-2-11-34)25-5-8-28(9-6-25)38-22-33/h3-10,17-18,21H,2,11-16,19-20,22,34H2,1H3. The fraction of sp³-hybridized carbons (Fsp3) is 0.355. The van der Waals surface area contributed by atoms with Gasteiger partial charge in [0.05, 0.1) is 0 Å². The van der Waals surface area contributed by atoms with Crippen LogP contribution in [-0.4, -0.2) is 54.0 Å². The van der Waals surface area contributed by atoms with Crippen molar-refractivity contribution in [1.29, 1.82) is 0 Å². The van der Waals surface area contributed by atoms with Gasteiger partial charge in [0.1, 0.15) is 5.75 Å². The first-order valence-corrected chi connectivity index (χ1v) is 13.7. The van der Waals surface area contributed by atoms with Crippen LogP contribution in [0.4, 0.5) is 4.39 Å². The molecule has 1 aromatic heterocycles. The summed E-state index contributed by atoms with van der Waals surface area (Å²) in [6.45, 7) is 8.95. The van der Waals surface area contributed by atoms with Crippen molar-refractivity contribution in [3.8, 4) is 16.9 Å². The van der Waals surface area contributed by atoms with Crippen molar-refractivity contribution in [2.75, 3.05) is 39.6 Å². The molecule has 200 valence electrons. The topological polar surface area (TPSA) is 46.7 Å². The number of fused-ring (bicyclic) bond motifs is 1. The molecule has 7 heteroatoms. The van der Waals surface area contributed by atoms with Gasteiger partial charge in [-0.25, -0.2) is 4.39 Å². The molecule has 1 aliphatic rings. The predicted molar refractivity (Wildman–Crippen MR) is 154 cm³/mol. The highest BCUT2D eigenvalue weighted by Crippen LogP contribution is 2.33. The Bertz CT molecular complexity index is 1360. The third kappa shape index (κ3) is 6.21. The molecule has 2 heterocycles. The summed E-state index contributed by atoms with van der Waals surface area (Å²) < 4.78 is 19.9. The first-order chi connectivity index (χ1) is 18.5. The number of alkyl halides is 1. The molecule has 3 aromatic carbocycles. The SMILES string of the molecule is Cc1cc(Cl)ccc1CN1CCN(Cc2ccc3c(c2)c(-c2ccc(OCF)cc2)cn3CCCN)CC1. The van der Waals surface area contributed by atoms with E-state index in [0.29, 0.717) is 12.3 Å². The molecule has 0 aliphatic carbocycles. The van der Waals surface area contributed by atoms with Crippen molar-refractivity contribution < 1.29 is 9.13 Å². The van der Waals surface area contributed by atoms with E-state index < -0.39 is 6.86 Å². The lowest BCUT2D eigenvalue weighted by atomic mass is 10.0. The molecule has 0 spiro atoms. The molecule has 0 saturated carbocycles. The molecular weight excluding hydrogens is 499 g/mol. The van der Waals surface area contributed by atoms with Gasteiger partial charge in [0.15, 0.2) is 0 Å². The number of aryl methyl sites for hydroxylation is 2. The zero-order valence-corrected chi connectivity index (χ0v) is 22.8. The van der Waals surface area contributed by atoms with E-state index in [1.807, 2.05) is 36.4 Å². The normalized spacial score (nSPS) is 14.8. The predicted octanol–water partition coefficient (Wildman–Crippen LogP) is 6.24. The summed E-state index contributed by atoms with van der Waals surface area (Å²) in [6.07, 6.45) is 3.14. The van der Waals surface area contributed by atoms with Gasteiger partial charge in [-0.15, -0.1) is 0 Å². The average molecular weight is 535 g/mol. The minimum atomic E-state index is -0.823. The third-order valence-electron chi connectivity index (χ3n) is 7.50. The molecule has 1 saturated heterocycles. The number of hydrogen-bond acceptors (Lipinski definition) is 4. The molecule has 2 N–H and O–H groups in total. The van der Waals surface area contributed by atoms with Gasteiger partial charge in [0.2, 0.25) is 6.86 Å². The average Bonchev–Trinajstić information content (AvgIpc) is 3.28. The van der Waals surface area contributed by atoms with Gasteiger partial charge in [-0.3, -0.25) is 9.80 Å². The van der Waals surface area contributed by atoms with E-state index in [1.54, 1.807) is 0 Å².